The number of Topliss-reactive ketones (excluding diaryl/α,β-unsaturated/α-hetero) is 1. The number of carbonyl (C=O) groups excluding carboxylic acids is 1. The Labute approximate surface area is 126 Å². The van der Waals surface area contributed by atoms with E-state index < -0.39 is 0 Å². The van der Waals surface area contributed by atoms with Crippen LogP contribution in [-0.2, 0) is 0 Å². The van der Waals surface area contributed by atoms with Crippen LogP contribution in [0.5, 0.6) is 5.75 Å². The molecule has 2 aromatic rings. The fourth-order valence-corrected chi connectivity index (χ4v) is 2.55. The zero-order valence-electron chi connectivity index (χ0n) is 10.4. The highest BCUT2D eigenvalue weighted by molar-refractivity contribution is 6.35. The zero-order chi connectivity index (χ0) is 14.1. The second kappa shape index (κ2) is 5.31. The summed E-state index contributed by atoms with van der Waals surface area (Å²) in [6.07, 6.45) is 1.75. The summed E-state index contributed by atoms with van der Waals surface area (Å²) >= 11 is 12.0. The van der Waals surface area contributed by atoms with Crippen LogP contribution >= 0.6 is 23.2 Å². The van der Waals surface area contributed by atoms with Crippen LogP contribution in [0, 0.1) is 0 Å². The number of ketones is 1. The number of benzene rings is 2. The van der Waals surface area contributed by atoms with E-state index in [-0.39, 0.29) is 12.4 Å². The van der Waals surface area contributed by atoms with E-state index >= 15 is 0 Å². The fourth-order valence-electron chi connectivity index (χ4n) is 2.09. The number of ether oxygens (including phenoxy) is 1. The van der Waals surface area contributed by atoms with Crippen molar-refractivity contribution in [1.82, 2.24) is 0 Å². The van der Waals surface area contributed by atoms with Crippen molar-refractivity contribution in [3.05, 3.63) is 69.2 Å². The van der Waals surface area contributed by atoms with Crippen LogP contribution in [0.4, 0.5) is 0 Å². The largest absolute Gasteiger partial charge is 0.488 e. The van der Waals surface area contributed by atoms with Gasteiger partial charge in [-0.15, -0.1) is 0 Å². The average Bonchev–Trinajstić information content (AvgIpc) is 2.45. The zero-order valence-corrected chi connectivity index (χ0v) is 11.9. The Kier molecular flexibility index (Phi) is 3.51. The molecule has 100 valence electrons. The molecule has 0 aromatic heterocycles. The summed E-state index contributed by atoms with van der Waals surface area (Å²) in [5.74, 6) is 0.592. The van der Waals surface area contributed by atoms with Gasteiger partial charge in [-0.1, -0.05) is 41.4 Å². The molecule has 0 saturated heterocycles. The summed E-state index contributed by atoms with van der Waals surface area (Å²) in [4.78, 5) is 12.4. The molecule has 0 atom stereocenters. The van der Waals surface area contributed by atoms with Gasteiger partial charge in [0.15, 0.2) is 5.78 Å². The molecule has 0 aliphatic carbocycles. The van der Waals surface area contributed by atoms with Gasteiger partial charge in [0.1, 0.15) is 12.4 Å². The van der Waals surface area contributed by atoms with E-state index in [2.05, 4.69) is 0 Å². The molecule has 0 unspecified atom stereocenters. The molecular formula is C16H10Cl2O2. The Morgan fingerprint density at radius 1 is 1.10 bits per heavy atom. The SMILES string of the molecule is O=C1/C(=C\c2ccc(Cl)cc2Cl)COc2ccccc21. The highest BCUT2D eigenvalue weighted by atomic mass is 35.5. The van der Waals surface area contributed by atoms with Gasteiger partial charge in [-0.05, 0) is 35.9 Å². The predicted molar refractivity (Wildman–Crippen MR) is 80.7 cm³/mol. The van der Waals surface area contributed by atoms with Gasteiger partial charge in [-0.25, -0.2) is 0 Å². The summed E-state index contributed by atoms with van der Waals surface area (Å²) in [6.45, 7) is 0.245. The van der Waals surface area contributed by atoms with Crippen LogP contribution in [0.1, 0.15) is 15.9 Å². The highest BCUT2D eigenvalue weighted by Crippen LogP contribution is 2.29. The Bertz CT molecular complexity index is 720. The normalized spacial score (nSPS) is 15.9. The van der Waals surface area contributed by atoms with Crippen LogP contribution in [0.15, 0.2) is 48.0 Å². The van der Waals surface area contributed by atoms with Crippen molar-refractivity contribution in [3.63, 3.8) is 0 Å². The second-order valence-corrected chi connectivity index (χ2v) is 5.29. The standard InChI is InChI=1S/C16H10Cl2O2/c17-12-6-5-10(14(18)8-12)7-11-9-20-15-4-2-1-3-13(15)16(11)19/h1-8H,9H2/b11-7-. The molecule has 4 heteroatoms. The Morgan fingerprint density at radius 2 is 1.90 bits per heavy atom. The number of carbonyl (C=O) groups is 1. The minimum atomic E-state index is -0.0298. The molecule has 0 radical (unpaired) electrons. The van der Waals surface area contributed by atoms with Gasteiger partial charge in [0.25, 0.3) is 0 Å². The maximum Gasteiger partial charge on any atom is 0.196 e. The first-order valence-corrected chi connectivity index (χ1v) is 6.83. The summed E-state index contributed by atoms with van der Waals surface area (Å²) in [5.41, 5.74) is 1.91. The van der Waals surface area contributed by atoms with Crippen molar-refractivity contribution in [2.45, 2.75) is 0 Å². The number of para-hydroxylation sites is 1. The van der Waals surface area contributed by atoms with Crippen molar-refractivity contribution in [1.29, 1.82) is 0 Å². The lowest BCUT2D eigenvalue weighted by molar-refractivity contribution is 0.100. The van der Waals surface area contributed by atoms with E-state index in [4.69, 9.17) is 27.9 Å². The minimum Gasteiger partial charge on any atom is -0.488 e. The van der Waals surface area contributed by atoms with Crippen molar-refractivity contribution in [2.75, 3.05) is 6.61 Å². The highest BCUT2D eigenvalue weighted by Gasteiger charge is 2.22. The maximum absolute atomic E-state index is 12.4. The van der Waals surface area contributed by atoms with Gasteiger partial charge in [-0.2, -0.15) is 0 Å². The van der Waals surface area contributed by atoms with Crippen LogP contribution in [0.2, 0.25) is 10.0 Å². The smallest absolute Gasteiger partial charge is 0.196 e. The van der Waals surface area contributed by atoms with E-state index in [9.17, 15) is 4.79 Å². The van der Waals surface area contributed by atoms with E-state index in [1.165, 1.54) is 0 Å². The minimum absolute atomic E-state index is 0.0298. The molecule has 0 N–H and O–H groups in total. The van der Waals surface area contributed by atoms with E-state index in [1.54, 1.807) is 36.4 Å². The number of halogens is 2. The second-order valence-electron chi connectivity index (χ2n) is 4.45. The molecule has 0 bridgehead atoms. The van der Waals surface area contributed by atoms with Crippen LogP contribution in [-0.4, -0.2) is 12.4 Å². The first-order chi connectivity index (χ1) is 9.65. The number of hydrogen-bond acceptors (Lipinski definition) is 2. The third-order valence-electron chi connectivity index (χ3n) is 3.10. The molecule has 2 aromatic carbocycles. The summed E-state index contributed by atoms with van der Waals surface area (Å²) in [7, 11) is 0. The van der Waals surface area contributed by atoms with E-state index in [0.29, 0.717) is 26.9 Å². The predicted octanol–water partition coefficient (Wildman–Crippen LogP) is 4.65. The van der Waals surface area contributed by atoms with E-state index in [1.807, 2.05) is 12.1 Å². The molecule has 1 heterocycles. The molecule has 2 nitrogen and oxygen atoms in total. The molecule has 0 saturated carbocycles. The third kappa shape index (κ3) is 2.45. The monoisotopic (exact) mass is 304 g/mol. The Hall–Kier alpha value is -1.77. The van der Waals surface area contributed by atoms with Gasteiger partial charge in [0.05, 0.1) is 5.56 Å². The Morgan fingerprint density at radius 3 is 2.70 bits per heavy atom. The molecule has 0 fully saturated rings. The van der Waals surface area contributed by atoms with Gasteiger partial charge in [-0.3, -0.25) is 4.79 Å². The van der Waals surface area contributed by atoms with Crippen LogP contribution in [0.25, 0.3) is 6.08 Å². The summed E-state index contributed by atoms with van der Waals surface area (Å²) in [5, 5.41) is 1.07. The third-order valence-corrected chi connectivity index (χ3v) is 3.66. The van der Waals surface area contributed by atoms with Crippen LogP contribution in [0.3, 0.4) is 0 Å². The van der Waals surface area contributed by atoms with Crippen molar-refractivity contribution in [2.24, 2.45) is 0 Å². The summed E-state index contributed by atoms with van der Waals surface area (Å²) < 4.78 is 5.58. The van der Waals surface area contributed by atoms with Gasteiger partial charge in [0, 0.05) is 15.6 Å². The number of fused-ring (bicyclic) bond motifs is 1. The topological polar surface area (TPSA) is 26.3 Å². The lowest BCUT2D eigenvalue weighted by Gasteiger charge is -2.18. The van der Waals surface area contributed by atoms with Crippen molar-refractivity contribution >= 4 is 35.1 Å². The maximum atomic E-state index is 12.4. The van der Waals surface area contributed by atoms with Gasteiger partial charge < -0.3 is 4.74 Å². The molecule has 0 amide bonds. The van der Waals surface area contributed by atoms with Crippen molar-refractivity contribution in [3.8, 4) is 5.75 Å². The lowest BCUT2D eigenvalue weighted by Crippen LogP contribution is -2.18. The molecule has 3 rings (SSSR count). The average molecular weight is 305 g/mol. The first-order valence-electron chi connectivity index (χ1n) is 6.07. The van der Waals surface area contributed by atoms with Crippen molar-refractivity contribution < 1.29 is 9.53 Å². The molecular weight excluding hydrogens is 295 g/mol. The molecule has 1 aliphatic heterocycles. The fraction of sp³-hybridized carbons (Fsp3) is 0.0625. The van der Waals surface area contributed by atoms with Gasteiger partial charge >= 0.3 is 0 Å². The summed E-state index contributed by atoms with van der Waals surface area (Å²) in [6, 6.07) is 12.4. The number of hydrogen-bond donors (Lipinski definition) is 0. The number of rotatable bonds is 1. The van der Waals surface area contributed by atoms with E-state index in [0.717, 1.165) is 5.56 Å². The molecule has 1 aliphatic rings. The quantitative estimate of drug-likeness (QED) is 0.717. The lowest BCUT2D eigenvalue weighted by atomic mass is 9.98. The Balaban J connectivity index is 2.00. The molecule has 20 heavy (non-hydrogen) atoms. The first kappa shape index (κ1) is 13.2. The van der Waals surface area contributed by atoms with Gasteiger partial charge in [0.2, 0.25) is 0 Å². The van der Waals surface area contributed by atoms with Crippen LogP contribution < -0.4 is 4.74 Å². The molecule has 0 spiro atoms.